The zero-order chi connectivity index (χ0) is 22.1. The van der Waals surface area contributed by atoms with E-state index in [0.717, 1.165) is 43.4 Å². The second kappa shape index (κ2) is 9.02. The largest absolute Gasteiger partial charge is 0.206 e. The van der Waals surface area contributed by atoms with E-state index in [-0.39, 0.29) is 11.5 Å². The zero-order valence-electron chi connectivity index (χ0n) is 17.8. The number of unbranched alkanes of at least 4 members (excludes halogenated alkanes) is 2. The van der Waals surface area contributed by atoms with E-state index in [9.17, 15) is 8.78 Å². The van der Waals surface area contributed by atoms with Crippen LogP contribution >= 0.6 is 0 Å². The minimum atomic E-state index is -1.12. The molecule has 0 heterocycles. The summed E-state index contributed by atoms with van der Waals surface area (Å²) in [6.07, 6.45) is 9.46. The first-order valence-electron chi connectivity index (χ1n) is 11.3. The van der Waals surface area contributed by atoms with Gasteiger partial charge < -0.3 is 0 Å². The van der Waals surface area contributed by atoms with Crippen LogP contribution < -0.4 is 0 Å². The number of rotatable bonds is 5. The van der Waals surface area contributed by atoms with Crippen molar-refractivity contribution in [3.8, 4) is 17.2 Å². The lowest BCUT2D eigenvalue weighted by Crippen LogP contribution is -2.29. The van der Waals surface area contributed by atoms with Crippen molar-refractivity contribution in [1.29, 1.82) is 5.26 Å². The smallest absolute Gasteiger partial charge is 0.144 e. The first kappa shape index (κ1) is 21.9. The summed E-state index contributed by atoms with van der Waals surface area (Å²) in [4.78, 5) is 0. The molecular weight excluding hydrogens is 402 g/mol. The van der Waals surface area contributed by atoms with Gasteiger partial charge in [-0.2, -0.15) is 5.26 Å². The molecule has 2 aliphatic rings. The molecule has 0 saturated heterocycles. The van der Waals surface area contributed by atoms with Crippen molar-refractivity contribution in [3.63, 3.8) is 0 Å². The van der Waals surface area contributed by atoms with Crippen LogP contribution in [-0.4, -0.2) is 0 Å². The van der Waals surface area contributed by atoms with Gasteiger partial charge in [0.2, 0.25) is 0 Å². The number of nitrogens with zero attached hydrogens (tertiary/aromatic N) is 1. The van der Waals surface area contributed by atoms with Gasteiger partial charge in [0, 0.05) is 0 Å². The van der Waals surface area contributed by atoms with Crippen LogP contribution in [0.25, 0.3) is 11.1 Å². The predicted octanol–water partition coefficient (Wildman–Crippen LogP) is 7.81. The van der Waals surface area contributed by atoms with Gasteiger partial charge in [0.1, 0.15) is 34.9 Å². The standard InChI is InChI=1S/C26H27F4N/c1-2-3-4-5-15-6-8-18-16(10-15)7-9-19-20(18)13-24(29)25(26(19)30)17-11-22(27)21(14-31)23(28)12-17/h11-13,15-16,18H,2-10H2,1H3. The summed E-state index contributed by atoms with van der Waals surface area (Å²) in [6.45, 7) is 2.20. The van der Waals surface area contributed by atoms with Gasteiger partial charge in [0.05, 0.1) is 5.56 Å². The highest BCUT2D eigenvalue weighted by molar-refractivity contribution is 5.68. The van der Waals surface area contributed by atoms with Gasteiger partial charge >= 0.3 is 0 Å². The van der Waals surface area contributed by atoms with E-state index in [1.54, 1.807) is 0 Å². The maximum atomic E-state index is 15.4. The predicted molar refractivity (Wildman–Crippen MR) is 112 cm³/mol. The molecule has 4 rings (SSSR count). The average Bonchev–Trinajstić information content (AvgIpc) is 2.73. The van der Waals surface area contributed by atoms with Gasteiger partial charge in [-0.3, -0.25) is 0 Å². The Kier molecular flexibility index (Phi) is 6.36. The lowest BCUT2D eigenvalue weighted by Gasteiger charge is -2.41. The van der Waals surface area contributed by atoms with Crippen LogP contribution in [-0.2, 0) is 6.42 Å². The first-order chi connectivity index (χ1) is 14.9. The van der Waals surface area contributed by atoms with Gasteiger partial charge in [-0.05, 0) is 84.7 Å². The molecule has 2 aromatic rings. The molecule has 0 spiro atoms. The highest BCUT2D eigenvalue weighted by Crippen LogP contribution is 2.49. The molecule has 3 unspecified atom stereocenters. The molecule has 5 heteroatoms. The fourth-order valence-electron chi connectivity index (χ4n) is 5.72. The van der Waals surface area contributed by atoms with E-state index in [1.165, 1.54) is 37.8 Å². The molecular formula is C26H27F4N. The summed E-state index contributed by atoms with van der Waals surface area (Å²) in [7, 11) is 0. The van der Waals surface area contributed by atoms with E-state index >= 15 is 8.78 Å². The van der Waals surface area contributed by atoms with Crippen molar-refractivity contribution in [1.82, 2.24) is 0 Å². The van der Waals surface area contributed by atoms with E-state index in [4.69, 9.17) is 5.26 Å². The number of hydrogen-bond acceptors (Lipinski definition) is 1. The van der Waals surface area contributed by atoms with Crippen molar-refractivity contribution in [2.45, 2.75) is 70.6 Å². The SMILES string of the molecule is CCCCCC1CCC2c3cc(F)c(-c4cc(F)c(C#N)c(F)c4)c(F)c3CCC2C1. The van der Waals surface area contributed by atoms with Crippen molar-refractivity contribution in [2.75, 3.05) is 0 Å². The third kappa shape index (κ3) is 4.10. The summed E-state index contributed by atoms with van der Waals surface area (Å²) in [5.41, 5.74) is -0.161. The molecule has 2 aromatic carbocycles. The molecule has 1 saturated carbocycles. The fraction of sp³-hybridized carbons (Fsp3) is 0.500. The summed E-state index contributed by atoms with van der Waals surface area (Å²) in [5.74, 6) is -2.45. The molecule has 0 aliphatic heterocycles. The lowest BCUT2D eigenvalue weighted by molar-refractivity contribution is 0.197. The number of halogens is 4. The second-order valence-corrected chi connectivity index (χ2v) is 9.12. The zero-order valence-corrected chi connectivity index (χ0v) is 17.8. The highest BCUT2D eigenvalue weighted by Gasteiger charge is 2.37. The van der Waals surface area contributed by atoms with Gasteiger partial charge in [-0.15, -0.1) is 0 Å². The van der Waals surface area contributed by atoms with Crippen LogP contribution in [0.15, 0.2) is 18.2 Å². The summed E-state index contributed by atoms with van der Waals surface area (Å²) in [5, 5.41) is 8.84. The van der Waals surface area contributed by atoms with Crippen LogP contribution in [0, 0.1) is 46.4 Å². The Labute approximate surface area is 181 Å². The number of hydrogen-bond donors (Lipinski definition) is 0. The Morgan fingerprint density at radius 2 is 1.71 bits per heavy atom. The topological polar surface area (TPSA) is 23.8 Å². The molecule has 0 bridgehead atoms. The molecule has 31 heavy (non-hydrogen) atoms. The van der Waals surface area contributed by atoms with Crippen LogP contribution in [0.2, 0.25) is 0 Å². The minimum Gasteiger partial charge on any atom is -0.206 e. The highest BCUT2D eigenvalue weighted by atomic mass is 19.1. The van der Waals surface area contributed by atoms with Gasteiger partial charge in [-0.1, -0.05) is 32.6 Å². The Bertz CT molecular complexity index is 1000. The lowest BCUT2D eigenvalue weighted by atomic mass is 9.64. The Hall–Kier alpha value is -2.35. The summed E-state index contributed by atoms with van der Waals surface area (Å²) < 4.78 is 58.6. The number of nitriles is 1. The van der Waals surface area contributed by atoms with Crippen molar-refractivity contribution in [3.05, 3.63) is 58.2 Å². The molecule has 1 fully saturated rings. The van der Waals surface area contributed by atoms with Crippen LogP contribution in [0.1, 0.15) is 80.9 Å². The Morgan fingerprint density at radius 1 is 0.968 bits per heavy atom. The van der Waals surface area contributed by atoms with Crippen molar-refractivity contribution in [2.24, 2.45) is 11.8 Å². The van der Waals surface area contributed by atoms with E-state index in [0.29, 0.717) is 23.8 Å². The normalized spacial score (nSPS) is 22.5. The maximum Gasteiger partial charge on any atom is 0.144 e. The fourth-order valence-corrected chi connectivity index (χ4v) is 5.72. The summed E-state index contributed by atoms with van der Waals surface area (Å²) in [6, 6.07) is 4.49. The molecule has 164 valence electrons. The Morgan fingerprint density at radius 3 is 2.39 bits per heavy atom. The van der Waals surface area contributed by atoms with Crippen molar-refractivity contribution < 1.29 is 17.6 Å². The molecule has 0 radical (unpaired) electrons. The quantitative estimate of drug-likeness (QED) is 0.351. The molecule has 3 atom stereocenters. The maximum absolute atomic E-state index is 15.4. The van der Waals surface area contributed by atoms with Gasteiger partial charge in [-0.25, -0.2) is 17.6 Å². The molecule has 1 nitrogen and oxygen atoms in total. The van der Waals surface area contributed by atoms with Gasteiger partial charge in [0.25, 0.3) is 0 Å². The minimum absolute atomic E-state index is 0.152. The third-order valence-corrected chi connectivity index (χ3v) is 7.27. The van der Waals surface area contributed by atoms with Crippen LogP contribution in [0.3, 0.4) is 0 Å². The van der Waals surface area contributed by atoms with Gasteiger partial charge in [0.15, 0.2) is 0 Å². The van der Waals surface area contributed by atoms with Crippen LogP contribution in [0.4, 0.5) is 17.6 Å². The van der Waals surface area contributed by atoms with E-state index < -0.39 is 34.4 Å². The second-order valence-electron chi connectivity index (χ2n) is 9.12. The molecule has 0 amide bonds. The molecule has 0 N–H and O–H groups in total. The Balaban J connectivity index is 1.64. The number of benzene rings is 2. The molecule has 0 aromatic heterocycles. The van der Waals surface area contributed by atoms with E-state index in [1.807, 2.05) is 0 Å². The average molecular weight is 430 g/mol. The first-order valence-corrected chi connectivity index (χ1v) is 11.3. The van der Waals surface area contributed by atoms with Crippen molar-refractivity contribution >= 4 is 0 Å². The van der Waals surface area contributed by atoms with E-state index in [2.05, 4.69) is 6.92 Å². The third-order valence-electron chi connectivity index (χ3n) is 7.27. The molecule has 2 aliphatic carbocycles. The number of fused-ring (bicyclic) bond motifs is 3. The van der Waals surface area contributed by atoms with Crippen LogP contribution in [0.5, 0.6) is 0 Å². The monoisotopic (exact) mass is 429 g/mol. The summed E-state index contributed by atoms with van der Waals surface area (Å²) >= 11 is 0.